The zero-order chi connectivity index (χ0) is 13.1. The molecule has 0 atom stereocenters. The smallest absolute Gasteiger partial charge is 0.253 e. The van der Waals surface area contributed by atoms with E-state index in [2.05, 4.69) is 9.97 Å². The lowest BCUT2D eigenvalue weighted by atomic mass is 10.4. The van der Waals surface area contributed by atoms with Gasteiger partial charge in [-0.3, -0.25) is 14.3 Å². The van der Waals surface area contributed by atoms with E-state index < -0.39 is 5.82 Å². The van der Waals surface area contributed by atoms with Crippen molar-refractivity contribution in [3.63, 3.8) is 0 Å². The van der Waals surface area contributed by atoms with Gasteiger partial charge in [-0.1, -0.05) is 0 Å². The summed E-state index contributed by atoms with van der Waals surface area (Å²) in [5, 5.41) is 0. The maximum absolute atomic E-state index is 12.9. The van der Waals surface area contributed by atoms with Crippen molar-refractivity contribution in [3.8, 4) is 5.75 Å². The molecule has 0 spiro atoms. The van der Waals surface area contributed by atoms with Gasteiger partial charge >= 0.3 is 0 Å². The van der Waals surface area contributed by atoms with Gasteiger partial charge in [0, 0.05) is 24.9 Å². The molecule has 0 saturated carbocycles. The van der Waals surface area contributed by atoms with Gasteiger partial charge in [-0.05, 0) is 6.92 Å². The van der Waals surface area contributed by atoms with Crippen LogP contribution in [0.3, 0.4) is 0 Å². The second-order valence-electron chi connectivity index (χ2n) is 3.84. The van der Waals surface area contributed by atoms with E-state index in [1.54, 1.807) is 14.0 Å². The van der Waals surface area contributed by atoms with Crippen LogP contribution in [-0.2, 0) is 13.7 Å². The molecular formula is C12H12FN3O2. The highest BCUT2D eigenvalue weighted by Gasteiger charge is 2.05. The molecule has 0 aromatic carbocycles. The molecule has 0 amide bonds. The fourth-order valence-corrected chi connectivity index (χ4v) is 1.46. The van der Waals surface area contributed by atoms with Crippen molar-refractivity contribution in [3.05, 3.63) is 52.2 Å². The minimum Gasteiger partial charge on any atom is -0.484 e. The van der Waals surface area contributed by atoms with Crippen LogP contribution in [0, 0.1) is 12.7 Å². The van der Waals surface area contributed by atoms with Gasteiger partial charge in [0.1, 0.15) is 24.0 Å². The maximum Gasteiger partial charge on any atom is 0.253 e. The van der Waals surface area contributed by atoms with Crippen molar-refractivity contribution in [2.75, 3.05) is 0 Å². The Balaban J connectivity index is 2.18. The minimum atomic E-state index is -0.474. The number of hydrogen-bond acceptors (Lipinski definition) is 4. The van der Waals surface area contributed by atoms with Crippen molar-refractivity contribution >= 4 is 0 Å². The largest absolute Gasteiger partial charge is 0.484 e. The van der Waals surface area contributed by atoms with E-state index in [0.717, 1.165) is 6.20 Å². The molecule has 2 aromatic rings. The predicted octanol–water partition coefficient (Wildman–Crippen LogP) is 1.20. The summed E-state index contributed by atoms with van der Waals surface area (Å²) in [6.45, 7) is 1.81. The molecule has 18 heavy (non-hydrogen) atoms. The van der Waals surface area contributed by atoms with Crippen molar-refractivity contribution in [2.45, 2.75) is 13.5 Å². The van der Waals surface area contributed by atoms with Crippen molar-refractivity contribution in [2.24, 2.45) is 7.05 Å². The first kappa shape index (κ1) is 12.2. The van der Waals surface area contributed by atoms with Crippen LogP contribution < -0.4 is 10.3 Å². The lowest BCUT2D eigenvalue weighted by Gasteiger charge is -2.09. The van der Waals surface area contributed by atoms with Crippen molar-refractivity contribution < 1.29 is 9.13 Å². The number of rotatable bonds is 3. The van der Waals surface area contributed by atoms with Crippen LogP contribution in [0.4, 0.5) is 4.39 Å². The first-order valence-electron chi connectivity index (χ1n) is 5.33. The Hall–Kier alpha value is -2.24. The number of aryl methyl sites for hydroxylation is 1. The second kappa shape index (κ2) is 4.95. The zero-order valence-electron chi connectivity index (χ0n) is 10.1. The number of nitrogens with zero attached hydrogens (tertiary/aromatic N) is 3. The molecule has 2 aromatic heterocycles. The van der Waals surface area contributed by atoms with Gasteiger partial charge in [0.05, 0.1) is 12.4 Å². The standard InChI is InChI=1S/C12H12FN3O2/c1-8-3-12(17)16(2)11(15-8)7-18-10-4-9(13)5-14-6-10/h3-6H,7H2,1-2H3. The molecule has 2 heterocycles. The third-order valence-corrected chi connectivity index (χ3v) is 2.40. The van der Waals surface area contributed by atoms with Crippen LogP contribution in [0.15, 0.2) is 29.3 Å². The lowest BCUT2D eigenvalue weighted by molar-refractivity contribution is 0.286. The molecule has 0 fully saturated rings. The molecule has 0 unspecified atom stereocenters. The summed E-state index contributed by atoms with van der Waals surface area (Å²) in [6.07, 6.45) is 2.49. The molecular weight excluding hydrogens is 237 g/mol. The summed E-state index contributed by atoms with van der Waals surface area (Å²) in [4.78, 5) is 19.4. The van der Waals surface area contributed by atoms with Gasteiger partial charge in [-0.25, -0.2) is 9.37 Å². The Morgan fingerprint density at radius 3 is 2.89 bits per heavy atom. The molecule has 0 aliphatic carbocycles. The van der Waals surface area contributed by atoms with E-state index in [1.807, 2.05) is 0 Å². The number of hydrogen-bond donors (Lipinski definition) is 0. The topological polar surface area (TPSA) is 57.0 Å². The lowest BCUT2D eigenvalue weighted by Crippen LogP contribution is -2.23. The first-order chi connectivity index (χ1) is 8.56. The summed E-state index contributed by atoms with van der Waals surface area (Å²) >= 11 is 0. The molecule has 6 heteroatoms. The van der Waals surface area contributed by atoms with Gasteiger partial charge in [0.25, 0.3) is 5.56 Å². The summed E-state index contributed by atoms with van der Waals surface area (Å²) < 4.78 is 19.6. The van der Waals surface area contributed by atoms with Crippen LogP contribution in [0.5, 0.6) is 5.75 Å². The summed E-state index contributed by atoms with van der Waals surface area (Å²) in [5.41, 5.74) is 0.465. The number of halogens is 1. The molecule has 5 nitrogen and oxygen atoms in total. The summed E-state index contributed by atoms with van der Waals surface area (Å²) in [6, 6.07) is 2.66. The average Bonchev–Trinajstić information content (AvgIpc) is 2.32. The highest BCUT2D eigenvalue weighted by atomic mass is 19.1. The fraction of sp³-hybridized carbons (Fsp3) is 0.250. The molecule has 0 aliphatic heterocycles. The molecule has 2 rings (SSSR count). The Kier molecular flexibility index (Phi) is 3.36. The SMILES string of the molecule is Cc1cc(=O)n(C)c(COc2cncc(F)c2)n1. The summed E-state index contributed by atoms with van der Waals surface area (Å²) in [7, 11) is 1.61. The van der Waals surface area contributed by atoms with Crippen molar-refractivity contribution in [1.29, 1.82) is 0 Å². The summed E-state index contributed by atoms with van der Waals surface area (Å²) in [5.74, 6) is 0.300. The predicted molar refractivity (Wildman–Crippen MR) is 62.7 cm³/mol. The van der Waals surface area contributed by atoms with Crippen molar-refractivity contribution in [1.82, 2.24) is 14.5 Å². The van der Waals surface area contributed by atoms with Crippen LogP contribution in [0.25, 0.3) is 0 Å². The zero-order valence-corrected chi connectivity index (χ0v) is 10.1. The molecule has 0 saturated heterocycles. The molecule has 0 N–H and O–H groups in total. The van der Waals surface area contributed by atoms with Gasteiger partial charge in [-0.15, -0.1) is 0 Å². The first-order valence-corrected chi connectivity index (χ1v) is 5.33. The third kappa shape index (κ3) is 2.71. The van der Waals surface area contributed by atoms with E-state index in [1.165, 1.54) is 22.9 Å². The van der Waals surface area contributed by atoms with E-state index in [9.17, 15) is 9.18 Å². The number of pyridine rings is 1. The Labute approximate surface area is 103 Å². The Morgan fingerprint density at radius 1 is 1.39 bits per heavy atom. The van der Waals surface area contributed by atoms with Crippen LogP contribution in [-0.4, -0.2) is 14.5 Å². The third-order valence-electron chi connectivity index (χ3n) is 2.40. The van der Waals surface area contributed by atoms with Gasteiger partial charge < -0.3 is 4.74 Å². The van der Waals surface area contributed by atoms with Crippen LogP contribution in [0.2, 0.25) is 0 Å². The highest BCUT2D eigenvalue weighted by Crippen LogP contribution is 2.11. The minimum absolute atomic E-state index is 0.0819. The number of ether oxygens (including phenoxy) is 1. The number of aromatic nitrogens is 3. The highest BCUT2D eigenvalue weighted by molar-refractivity contribution is 5.17. The Morgan fingerprint density at radius 2 is 2.17 bits per heavy atom. The van der Waals surface area contributed by atoms with E-state index in [-0.39, 0.29) is 12.2 Å². The van der Waals surface area contributed by atoms with Gasteiger partial charge in [-0.2, -0.15) is 0 Å². The average molecular weight is 249 g/mol. The molecule has 0 bridgehead atoms. The molecule has 0 aliphatic rings. The maximum atomic E-state index is 12.9. The molecule has 0 radical (unpaired) electrons. The van der Waals surface area contributed by atoms with E-state index >= 15 is 0 Å². The van der Waals surface area contributed by atoms with E-state index in [0.29, 0.717) is 17.3 Å². The fourth-order valence-electron chi connectivity index (χ4n) is 1.46. The van der Waals surface area contributed by atoms with Gasteiger partial charge in [0.15, 0.2) is 0 Å². The quantitative estimate of drug-likeness (QED) is 0.820. The van der Waals surface area contributed by atoms with Crippen LogP contribution in [0.1, 0.15) is 11.5 Å². The second-order valence-corrected chi connectivity index (χ2v) is 3.84. The van der Waals surface area contributed by atoms with Gasteiger partial charge in [0.2, 0.25) is 0 Å². The monoisotopic (exact) mass is 249 g/mol. The van der Waals surface area contributed by atoms with Crippen LogP contribution >= 0.6 is 0 Å². The molecule has 94 valence electrons. The Bertz CT molecular complexity index is 625. The normalized spacial score (nSPS) is 10.4. The van der Waals surface area contributed by atoms with E-state index in [4.69, 9.17) is 4.74 Å².